The van der Waals surface area contributed by atoms with Crippen LogP contribution in [-0.4, -0.2) is 51.8 Å². The van der Waals surface area contributed by atoms with Crippen molar-refractivity contribution in [2.45, 2.75) is 59.0 Å². The molecule has 4 rings (SSSR count). The van der Waals surface area contributed by atoms with E-state index in [1.165, 1.54) is 29.7 Å². The number of aromatic nitrogens is 1. The van der Waals surface area contributed by atoms with E-state index in [-0.39, 0.29) is 29.7 Å². The van der Waals surface area contributed by atoms with Crippen molar-refractivity contribution in [2.24, 2.45) is 11.8 Å². The van der Waals surface area contributed by atoms with Crippen molar-refractivity contribution in [3.05, 3.63) is 23.8 Å². The Morgan fingerprint density at radius 3 is 2.67 bits per heavy atom. The fourth-order valence-corrected chi connectivity index (χ4v) is 5.27. The predicted molar refractivity (Wildman–Crippen MR) is 121 cm³/mol. The summed E-state index contributed by atoms with van der Waals surface area (Å²) in [6, 6.07) is 6.38. The molecule has 2 saturated heterocycles. The zero-order valence-electron chi connectivity index (χ0n) is 18.4. The Morgan fingerprint density at radius 2 is 2.00 bits per heavy atom. The molecule has 0 aliphatic carbocycles. The van der Waals surface area contributed by atoms with E-state index >= 15 is 0 Å². The first-order valence-corrected chi connectivity index (χ1v) is 11.7. The third-order valence-electron chi connectivity index (χ3n) is 6.27. The van der Waals surface area contributed by atoms with E-state index in [0.29, 0.717) is 11.7 Å². The molecule has 0 spiro atoms. The second-order valence-electron chi connectivity index (χ2n) is 9.85. The molecule has 0 bridgehead atoms. The van der Waals surface area contributed by atoms with Crippen molar-refractivity contribution >= 4 is 38.5 Å². The van der Waals surface area contributed by atoms with Crippen molar-refractivity contribution in [1.82, 2.24) is 14.8 Å². The molecule has 2 aliphatic heterocycles. The maximum atomic E-state index is 12.7. The van der Waals surface area contributed by atoms with Crippen molar-refractivity contribution in [2.75, 3.05) is 25.0 Å². The van der Waals surface area contributed by atoms with Gasteiger partial charge in [0.25, 0.3) is 0 Å². The number of hydrogen-bond donors (Lipinski definition) is 1. The van der Waals surface area contributed by atoms with Crippen LogP contribution in [0.15, 0.2) is 18.2 Å². The molecule has 2 aromatic rings. The molecule has 1 N–H and O–H groups in total. The molecule has 2 amide bonds. The number of rotatable bonds is 4. The van der Waals surface area contributed by atoms with E-state index < -0.39 is 0 Å². The Kier molecular flexibility index (Phi) is 5.86. The molecule has 1 atom stereocenters. The highest BCUT2D eigenvalue weighted by Crippen LogP contribution is 2.30. The lowest BCUT2D eigenvalue weighted by atomic mass is 9.99. The number of nitrogens with zero attached hydrogens (tertiary/aromatic N) is 3. The number of carbonyl (C=O) groups is 2. The number of hydrogen-bond acceptors (Lipinski definition) is 5. The lowest BCUT2D eigenvalue weighted by Gasteiger charge is -2.31. The zero-order chi connectivity index (χ0) is 21.5. The summed E-state index contributed by atoms with van der Waals surface area (Å²) < 4.78 is 1.09. The number of anilines is 1. The summed E-state index contributed by atoms with van der Waals surface area (Å²) in [6.45, 7) is 12.1. The Hall–Kier alpha value is -1.99. The van der Waals surface area contributed by atoms with E-state index in [1.807, 2.05) is 26.8 Å². The van der Waals surface area contributed by atoms with E-state index in [2.05, 4.69) is 34.3 Å². The molecule has 2 fully saturated rings. The van der Waals surface area contributed by atoms with Gasteiger partial charge in [-0.25, -0.2) is 4.98 Å². The zero-order valence-corrected chi connectivity index (χ0v) is 19.2. The van der Waals surface area contributed by atoms with E-state index in [0.717, 1.165) is 35.8 Å². The molecule has 1 unspecified atom stereocenters. The summed E-state index contributed by atoms with van der Waals surface area (Å²) in [6.07, 6.45) is 2.82. The Bertz CT molecular complexity index is 940. The number of benzene rings is 1. The third kappa shape index (κ3) is 4.67. The van der Waals surface area contributed by atoms with Crippen molar-refractivity contribution in [3.63, 3.8) is 0 Å². The van der Waals surface area contributed by atoms with Crippen LogP contribution in [-0.2, 0) is 16.1 Å². The molecule has 1 aromatic carbocycles. The number of likely N-dealkylation sites (tertiary alicyclic amines) is 2. The van der Waals surface area contributed by atoms with Gasteiger partial charge < -0.3 is 10.2 Å². The van der Waals surface area contributed by atoms with Crippen molar-refractivity contribution in [1.29, 1.82) is 0 Å². The van der Waals surface area contributed by atoms with Gasteiger partial charge >= 0.3 is 0 Å². The second-order valence-corrected chi connectivity index (χ2v) is 10.9. The average Bonchev–Trinajstić information content (AvgIpc) is 3.26. The van der Waals surface area contributed by atoms with Gasteiger partial charge in [-0.2, -0.15) is 0 Å². The minimum Gasteiger partial charge on any atom is -0.337 e. The van der Waals surface area contributed by atoms with E-state index in [4.69, 9.17) is 0 Å². The van der Waals surface area contributed by atoms with Crippen LogP contribution < -0.4 is 5.32 Å². The standard InChI is InChI=1S/C23H32N4O2S/c1-15-7-9-26(10-8-15)13-16-5-6-18-19(11-16)30-22(24-18)25-21(29)17-12-20(28)27(14-17)23(2,3)4/h5-6,11,15,17H,7-10,12-14H2,1-4H3,(H,24,25,29). The number of amides is 2. The van der Waals surface area contributed by atoms with Crippen LogP contribution >= 0.6 is 11.3 Å². The molecule has 0 radical (unpaired) electrons. The molecule has 6 nitrogen and oxygen atoms in total. The van der Waals surface area contributed by atoms with Gasteiger partial charge in [-0.05, 0) is 70.3 Å². The topological polar surface area (TPSA) is 65.5 Å². The van der Waals surface area contributed by atoms with Crippen molar-refractivity contribution in [3.8, 4) is 0 Å². The summed E-state index contributed by atoms with van der Waals surface area (Å²) in [5, 5.41) is 3.56. The van der Waals surface area contributed by atoms with E-state index in [1.54, 1.807) is 4.90 Å². The highest BCUT2D eigenvalue weighted by Gasteiger charge is 2.39. The molecule has 1 aromatic heterocycles. The summed E-state index contributed by atoms with van der Waals surface area (Å²) in [4.78, 5) is 33.9. The van der Waals surface area contributed by atoms with Crippen molar-refractivity contribution < 1.29 is 9.59 Å². The first-order chi connectivity index (χ1) is 14.2. The molecular formula is C23H32N4O2S. The molecule has 162 valence electrons. The highest BCUT2D eigenvalue weighted by molar-refractivity contribution is 7.22. The summed E-state index contributed by atoms with van der Waals surface area (Å²) >= 11 is 1.51. The van der Waals surface area contributed by atoms with Crippen LogP contribution in [0, 0.1) is 11.8 Å². The van der Waals surface area contributed by atoms with Gasteiger partial charge in [0.15, 0.2) is 5.13 Å². The molecule has 0 saturated carbocycles. The van der Waals surface area contributed by atoms with Crippen LogP contribution in [0.25, 0.3) is 10.2 Å². The fraction of sp³-hybridized carbons (Fsp3) is 0.609. The first kappa shape index (κ1) is 21.2. The maximum absolute atomic E-state index is 12.7. The Balaban J connectivity index is 1.40. The number of thiazole rings is 1. The molecule has 7 heteroatoms. The molecule has 2 aliphatic rings. The highest BCUT2D eigenvalue weighted by atomic mass is 32.1. The minimum absolute atomic E-state index is 0.0451. The van der Waals surface area contributed by atoms with E-state index in [9.17, 15) is 9.59 Å². The smallest absolute Gasteiger partial charge is 0.231 e. The lowest BCUT2D eigenvalue weighted by Crippen LogP contribution is -2.42. The SMILES string of the molecule is CC1CCN(Cc2ccc3nc(NC(=O)C4CC(=O)N(C(C)(C)C)C4)sc3c2)CC1. The minimum atomic E-state index is -0.319. The molecule has 30 heavy (non-hydrogen) atoms. The fourth-order valence-electron chi connectivity index (χ4n) is 4.34. The second kappa shape index (κ2) is 8.27. The maximum Gasteiger partial charge on any atom is 0.231 e. The summed E-state index contributed by atoms with van der Waals surface area (Å²) in [5.74, 6) is 0.448. The third-order valence-corrected chi connectivity index (χ3v) is 7.20. The normalized spacial score (nSPS) is 21.5. The Labute approximate surface area is 182 Å². The average molecular weight is 429 g/mol. The first-order valence-electron chi connectivity index (χ1n) is 10.9. The number of piperidine rings is 1. The van der Waals surface area contributed by atoms with Gasteiger partial charge in [-0.1, -0.05) is 24.3 Å². The molecular weight excluding hydrogens is 396 g/mol. The van der Waals surface area contributed by atoms with Gasteiger partial charge in [-0.3, -0.25) is 14.5 Å². The number of nitrogens with one attached hydrogen (secondary N) is 1. The van der Waals surface area contributed by atoms with Crippen LogP contribution in [0.3, 0.4) is 0 Å². The lowest BCUT2D eigenvalue weighted by molar-refractivity contribution is -0.131. The molecule has 3 heterocycles. The van der Waals surface area contributed by atoms with Gasteiger partial charge in [0.1, 0.15) is 0 Å². The van der Waals surface area contributed by atoms with Crippen LogP contribution in [0.2, 0.25) is 0 Å². The number of carbonyl (C=O) groups excluding carboxylic acids is 2. The van der Waals surface area contributed by atoms with Crippen LogP contribution in [0.1, 0.15) is 52.5 Å². The number of fused-ring (bicyclic) bond motifs is 1. The van der Waals surface area contributed by atoms with Gasteiger partial charge in [0.2, 0.25) is 11.8 Å². The predicted octanol–water partition coefficient (Wildman–Crippen LogP) is 4.11. The monoisotopic (exact) mass is 428 g/mol. The van der Waals surface area contributed by atoms with Crippen LogP contribution in [0.4, 0.5) is 5.13 Å². The quantitative estimate of drug-likeness (QED) is 0.796. The summed E-state index contributed by atoms with van der Waals surface area (Å²) in [7, 11) is 0. The van der Waals surface area contributed by atoms with Gasteiger partial charge in [0, 0.05) is 25.0 Å². The summed E-state index contributed by atoms with van der Waals surface area (Å²) in [5.41, 5.74) is 1.94. The van der Waals surface area contributed by atoms with Gasteiger partial charge in [-0.15, -0.1) is 0 Å². The Morgan fingerprint density at radius 1 is 1.27 bits per heavy atom. The van der Waals surface area contributed by atoms with Gasteiger partial charge in [0.05, 0.1) is 16.1 Å². The van der Waals surface area contributed by atoms with Crippen LogP contribution in [0.5, 0.6) is 0 Å². The largest absolute Gasteiger partial charge is 0.337 e.